The summed E-state index contributed by atoms with van der Waals surface area (Å²) in [5.41, 5.74) is 1.67. The van der Waals surface area contributed by atoms with Gasteiger partial charge in [0.15, 0.2) is 0 Å². The molecule has 3 nitrogen and oxygen atoms in total. The van der Waals surface area contributed by atoms with Crippen molar-refractivity contribution in [2.24, 2.45) is 0 Å². The minimum Gasteiger partial charge on any atom is -0.354 e. The SMILES string of the molecule is CNC(=O)c1sc(-c2cccc(Cl)c2)nc1C. The van der Waals surface area contributed by atoms with Gasteiger partial charge < -0.3 is 5.32 Å². The van der Waals surface area contributed by atoms with Gasteiger partial charge in [-0.15, -0.1) is 11.3 Å². The van der Waals surface area contributed by atoms with Crippen LogP contribution in [0.3, 0.4) is 0 Å². The van der Waals surface area contributed by atoms with Crippen molar-refractivity contribution in [1.29, 1.82) is 0 Å². The van der Waals surface area contributed by atoms with Crippen LogP contribution in [0, 0.1) is 6.92 Å². The Bertz CT molecular complexity index is 565. The Balaban J connectivity index is 2.44. The van der Waals surface area contributed by atoms with Crippen LogP contribution < -0.4 is 5.32 Å². The summed E-state index contributed by atoms with van der Waals surface area (Å²) in [4.78, 5) is 16.6. The van der Waals surface area contributed by atoms with Crippen LogP contribution in [0.15, 0.2) is 24.3 Å². The number of aromatic nitrogens is 1. The summed E-state index contributed by atoms with van der Waals surface area (Å²) in [5, 5.41) is 4.08. The molecule has 17 heavy (non-hydrogen) atoms. The number of hydrogen-bond acceptors (Lipinski definition) is 3. The largest absolute Gasteiger partial charge is 0.354 e. The molecule has 1 heterocycles. The first kappa shape index (κ1) is 12.1. The van der Waals surface area contributed by atoms with Crippen LogP contribution in [0.1, 0.15) is 15.4 Å². The second kappa shape index (κ2) is 4.85. The van der Waals surface area contributed by atoms with Crippen molar-refractivity contribution in [3.05, 3.63) is 39.9 Å². The van der Waals surface area contributed by atoms with E-state index in [0.29, 0.717) is 9.90 Å². The fraction of sp³-hybridized carbons (Fsp3) is 0.167. The van der Waals surface area contributed by atoms with Gasteiger partial charge in [-0.05, 0) is 19.1 Å². The van der Waals surface area contributed by atoms with Crippen molar-refractivity contribution in [2.45, 2.75) is 6.92 Å². The van der Waals surface area contributed by atoms with Gasteiger partial charge in [0.05, 0.1) is 5.69 Å². The molecule has 0 aliphatic heterocycles. The summed E-state index contributed by atoms with van der Waals surface area (Å²) >= 11 is 7.30. The van der Waals surface area contributed by atoms with Gasteiger partial charge in [-0.2, -0.15) is 0 Å². The number of rotatable bonds is 2. The lowest BCUT2D eigenvalue weighted by atomic mass is 10.2. The molecule has 0 unspecified atom stereocenters. The maximum Gasteiger partial charge on any atom is 0.263 e. The lowest BCUT2D eigenvalue weighted by molar-refractivity contribution is 0.0966. The molecule has 2 rings (SSSR count). The van der Waals surface area contributed by atoms with E-state index in [9.17, 15) is 4.79 Å². The molecule has 88 valence electrons. The molecule has 0 aliphatic carbocycles. The number of hydrogen-bond donors (Lipinski definition) is 1. The minimum atomic E-state index is -0.103. The van der Waals surface area contributed by atoms with Crippen molar-refractivity contribution in [1.82, 2.24) is 10.3 Å². The number of benzene rings is 1. The molecule has 1 aromatic heterocycles. The van der Waals surface area contributed by atoms with Crippen LogP contribution in [0.4, 0.5) is 0 Å². The van der Waals surface area contributed by atoms with Crippen LogP contribution in [0.2, 0.25) is 5.02 Å². The quantitative estimate of drug-likeness (QED) is 0.907. The molecule has 5 heteroatoms. The van der Waals surface area contributed by atoms with E-state index in [0.717, 1.165) is 16.3 Å². The topological polar surface area (TPSA) is 42.0 Å². The van der Waals surface area contributed by atoms with E-state index in [2.05, 4.69) is 10.3 Å². The van der Waals surface area contributed by atoms with Gasteiger partial charge in [-0.1, -0.05) is 23.7 Å². The van der Waals surface area contributed by atoms with E-state index in [1.807, 2.05) is 31.2 Å². The van der Waals surface area contributed by atoms with Gasteiger partial charge in [0.2, 0.25) is 0 Å². The van der Waals surface area contributed by atoms with Crippen molar-refractivity contribution in [2.75, 3.05) is 7.05 Å². The molecule has 0 saturated carbocycles. The Hall–Kier alpha value is -1.39. The number of nitrogens with one attached hydrogen (secondary N) is 1. The highest BCUT2D eigenvalue weighted by Gasteiger charge is 2.14. The molecule has 0 bridgehead atoms. The zero-order chi connectivity index (χ0) is 12.4. The van der Waals surface area contributed by atoms with Gasteiger partial charge in [0.1, 0.15) is 9.88 Å². The number of carbonyl (C=O) groups excluding carboxylic acids is 1. The number of amides is 1. The van der Waals surface area contributed by atoms with E-state index in [1.54, 1.807) is 7.05 Å². The molecule has 0 saturated heterocycles. The number of thiazole rings is 1. The average molecular weight is 267 g/mol. The maximum absolute atomic E-state index is 11.6. The fourth-order valence-electron chi connectivity index (χ4n) is 1.47. The number of carbonyl (C=O) groups is 1. The van der Waals surface area contributed by atoms with Gasteiger partial charge in [0.25, 0.3) is 5.91 Å². The molecular formula is C12H11ClN2OS. The monoisotopic (exact) mass is 266 g/mol. The molecule has 2 aromatic rings. The van der Waals surface area contributed by atoms with E-state index < -0.39 is 0 Å². The fourth-order valence-corrected chi connectivity index (χ4v) is 2.66. The van der Waals surface area contributed by atoms with Gasteiger partial charge >= 0.3 is 0 Å². The summed E-state index contributed by atoms with van der Waals surface area (Å²) in [5.74, 6) is -0.103. The molecule has 0 radical (unpaired) electrons. The molecule has 1 amide bonds. The van der Waals surface area contributed by atoms with Crippen molar-refractivity contribution in [3.8, 4) is 10.6 Å². The zero-order valence-corrected chi connectivity index (χ0v) is 11.0. The van der Waals surface area contributed by atoms with Crippen molar-refractivity contribution < 1.29 is 4.79 Å². The minimum absolute atomic E-state index is 0.103. The molecule has 0 atom stereocenters. The first-order valence-corrected chi connectivity index (χ1v) is 6.26. The third-order valence-corrected chi connectivity index (χ3v) is 3.74. The second-order valence-corrected chi connectivity index (χ2v) is 4.96. The van der Waals surface area contributed by atoms with Crippen molar-refractivity contribution in [3.63, 3.8) is 0 Å². The molecular weight excluding hydrogens is 256 g/mol. The van der Waals surface area contributed by atoms with Gasteiger partial charge in [0, 0.05) is 17.6 Å². The smallest absolute Gasteiger partial charge is 0.263 e. The standard InChI is InChI=1S/C12H11ClN2OS/c1-7-10(11(16)14-2)17-12(15-7)8-4-3-5-9(13)6-8/h3-6H,1-2H3,(H,14,16). The number of aryl methyl sites for hydroxylation is 1. The highest BCUT2D eigenvalue weighted by molar-refractivity contribution is 7.17. The van der Waals surface area contributed by atoms with Crippen LogP contribution >= 0.6 is 22.9 Å². The Labute approximate surface area is 108 Å². The number of nitrogens with zero attached hydrogens (tertiary/aromatic N) is 1. The summed E-state index contributed by atoms with van der Waals surface area (Å²) in [7, 11) is 1.61. The zero-order valence-electron chi connectivity index (χ0n) is 9.45. The summed E-state index contributed by atoms with van der Waals surface area (Å²) in [6.07, 6.45) is 0. The molecule has 1 N–H and O–H groups in total. The van der Waals surface area contributed by atoms with Crippen LogP contribution in [-0.4, -0.2) is 17.9 Å². The van der Waals surface area contributed by atoms with Crippen LogP contribution in [0.25, 0.3) is 10.6 Å². The van der Waals surface area contributed by atoms with E-state index in [1.165, 1.54) is 11.3 Å². The van der Waals surface area contributed by atoms with Crippen LogP contribution in [-0.2, 0) is 0 Å². The lowest BCUT2D eigenvalue weighted by Crippen LogP contribution is -2.17. The molecule has 0 aliphatic rings. The highest BCUT2D eigenvalue weighted by atomic mass is 35.5. The van der Waals surface area contributed by atoms with Gasteiger partial charge in [-0.3, -0.25) is 4.79 Å². The molecule has 1 aromatic carbocycles. The predicted octanol–water partition coefficient (Wildman–Crippen LogP) is 3.13. The van der Waals surface area contributed by atoms with E-state index in [4.69, 9.17) is 11.6 Å². The predicted molar refractivity (Wildman–Crippen MR) is 70.7 cm³/mol. The average Bonchev–Trinajstić information content (AvgIpc) is 2.70. The van der Waals surface area contributed by atoms with E-state index >= 15 is 0 Å². The van der Waals surface area contributed by atoms with Crippen molar-refractivity contribution >= 4 is 28.8 Å². The summed E-state index contributed by atoms with van der Waals surface area (Å²) < 4.78 is 0. The summed E-state index contributed by atoms with van der Waals surface area (Å²) in [6, 6.07) is 7.45. The van der Waals surface area contributed by atoms with Crippen LogP contribution in [0.5, 0.6) is 0 Å². The third-order valence-electron chi connectivity index (χ3n) is 2.30. The molecule has 0 fully saturated rings. The molecule has 0 spiro atoms. The lowest BCUT2D eigenvalue weighted by Gasteiger charge is -1.96. The Morgan fingerprint density at radius 2 is 2.24 bits per heavy atom. The number of halogens is 1. The Kier molecular flexibility index (Phi) is 3.45. The van der Waals surface area contributed by atoms with E-state index in [-0.39, 0.29) is 5.91 Å². The Morgan fingerprint density at radius 3 is 2.88 bits per heavy atom. The Morgan fingerprint density at radius 1 is 1.47 bits per heavy atom. The first-order valence-electron chi connectivity index (χ1n) is 5.07. The maximum atomic E-state index is 11.6. The first-order chi connectivity index (χ1) is 8.11. The highest BCUT2D eigenvalue weighted by Crippen LogP contribution is 2.29. The summed E-state index contributed by atoms with van der Waals surface area (Å²) in [6.45, 7) is 1.83. The van der Waals surface area contributed by atoms with Gasteiger partial charge in [-0.25, -0.2) is 4.98 Å². The second-order valence-electron chi connectivity index (χ2n) is 3.52. The third kappa shape index (κ3) is 2.48. The normalized spacial score (nSPS) is 10.3.